The fourth-order valence-electron chi connectivity index (χ4n) is 3.12. The van der Waals surface area contributed by atoms with E-state index in [2.05, 4.69) is 10.6 Å². The number of urea groups is 1. The molecule has 3 atom stereocenters. The monoisotopic (exact) mass is 364 g/mol. The maximum Gasteiger partial charge on any atom is 0.319 e. The van der Waals surface area contributed by atoms with Crippen LogP contribution < -0.4 is 16.4 Å². The Balaban J connectivity index is 1.80. The summed E-state index contributed by atoms with van der Waals surface area (Å²) in [5, 5.41) is 5.41. The first-order chi connectivity index (χ1) is 12.4. The van der Waals surface area contributed by atoms with Gasteiger partial charge in [-0.25, -0.2) is 9.18 Å². The highest BCUT2D eigenvalue weighted by Crippen LogP contribution is 2.18. The van der Waals surface area contributed by atoms with Crippen molar-refractivity contribution < 1.29 is 14.0 Å². The number of anilines is 1. The minimum atomic E-state index is -0.469. The Morgan fingerprint density at radius 1 is 1.42 bits per heavy atom. The van der Waals surface area contributed by atoms with E-state index in [9.17, 15) is 14.0 Å². The van der Waals surface area contributed by atoms with Crippen molar-refractivity contribution in [3.8, 4) is 0 Å². The molecule has 1 saturated heterocycles. The lowest BCUT2D eigenvalue weighted by Gasteiger charge is -2.35. The van der Waals surface area contributed by atoms with Gasteiger partial charge < -0.3 is 21.3 Å². The highest BCUT2D eigenvalue weighted by atomic mass is 19.1. The summed E-state index contributed by atoms with van der Waals surface area (Å²) in [6.45, 7) is 5.79. The van der Waals surface area contributed by atoms with E-state index in [1.807, 2.05) is 18.7 Å². The van der Waals surface area contributed by atoms with Crippen LogP contribution in [0, 0.1) is 17.7 Å². The third-order valence-electron chi connectivity index (χ3n) is 5.01. The summed E-state index contributed by atoms with van der Waals surface area (Å²) in [5.41, 5.74) is 6.47. The highest BCUT2D eigenvalue weighted by Gasteiger charge is 2.29. The van der Waals surface area contributed by atoms with Crippen LogP contribution in [0.4, 0.5) is 14.9 Å². The molecule has 144 valence electrons. The van der Waals surface area contributed by atoms with Gasteiger partial charge in [0.05, 0.1) is 6.04 Å². The van der Waals surface area contributed by atoms with Crippen LogP contribution in [0.2, 0.25) is 0 Å². The van der Waals surface area contributed by atoms with Gasteiger partial charge in [-0.2, -0.15) is 0 Å². The summed E-state index contributed by atoms with van der Waals surface area (Å²) in [6.07, 6.45) is 2.71. The second-order valence-corrected chi connectivity index (χ2v) is 7.05. The van der Waals surface area contributed by atoms with Crippen molar-refractivity contribution in [3.63, 3.8) is 0 Å². The number of nitrogens with zero attached hydrogens (tertiary/aromatic N) is 1. The molecule has 3 unspecified atom stereocenters. The molecule has 26 heavy (non-hydrogen) atoms. The molecule has 0 saturated carbocycles. The zero-order valence-electron chi connectivity index (χ0n) is 15.5. The normalized spacial score (nSPS) is 19.5. The zero-order valence-corrected chi connectivity index (χ0v) is 15.5. The van der Waals surface area contributed by atoms with E-state index in [1.165, 1.54) is 18.2 Å². The Labute approximate surface area is 154 Å². The number of likely N-dealkylation sites (tertiary alicyclic amines) is 1. The quantitative estimate of drug-likeness (QED) is 0.725. The third kappa shape index (κ3) is 5.69. The van der Waals surface area contributed by atoms with Crippen LogP contribution in [-0.4, -0.2) is 42.5 Å². The van der Waals surface area contributed by atoms with E-state index in [4.69, 9.17) is 5.73 Å². The molecule has 4 N–H and O–H groups in total. The lowest BCUT2D eigenvalue weighted by Crippen LogP contribution is -2.51. The fraction of sp³-hybridized carbons (Fsp3) is 0.579. The Morgan fingerprint density at radius 3 is 2.88 bits per heavy atom. The predicted molar refractivity (Wildman–Crippen MR) is 100 cm³/mol. The number of carbonyl (C=O) groups is 2. The van der Waals surface area contributed by atoms with E-state index in [1.54, 1.807) is 6.07 Å². The Bertz CT molecular complexity index is 625. The molecule has 0 spiro atoms. The van der Waals surface area contributed by atoms with Crippen molar-refractivity contribution in [2.75, 3.05) is 25.0 Å². The Kier molecular flexibility index (Phi) is 7.38. The largest absolute Gasteiger partial charge is 0.341 e. The molecule has 6 nitrogen and oxygen atoms in total. The van der Waals surface area contributed by atoms with Gasteiger partial charge in [-0.05, 0) is 42.9 Å². The van der Waals surface area contributed by atoms with Gasteiger partial charge in [-0.15, -0.1) is 0 Å². The standard InChI is InChI=1S/C19H29FN4O2/c1-3-13(2)17(21)18(25)24-9-5-6-14(12-24)11-22-19(26)23-16-8-4-7-15(20)10-16/h4,7-8,10,13-14,17H,3,5-6,9,11-12,21H2,1-2H3,(H2,22,23,26). The first kappa shape index (κ1) is 20.2. The van der Waals surface area contributed by atoms with E-state index >= 15 is 0 Å². The van der Waals surface area contributed by atoms with E-state index in [0.717, 1.165) is 25.8 Å². The van der Waals surface area contributed by atoms with Crippen LogP contribution in [-0.2, 0) is 4.79 Å². The van der Waals surface area contributed by atoms with Gasteiger partial charge >= 0.3 is 6.03 Å². The molecule has 3 amide bonds. The molecule has 0 bridgehead atoms. The van der Waals surface area contributed by atoms with Crippen molar-refractivity contribution in [2.45, 2.75) is 39.2 Å². The first-order valence-electron chi connectivity index (χ1n) is 9.25. The van der Waals surface area contributed by atoms with Gasteiger partial charge in [0, 0.05) is 25.3 Å². The highest BCUT2D eigenvalue weighted by molar-refractivity contribution is 5.89. The summed E-state index contributed by atoms with van der Waals surface area (Å²) in [4.78, 5) is 26.3. The zero-order chi connectivity index (χ0) is 19.1. The molecule has 2 rings (SSSR count). The van der Waals surface area contributed by atoms with Crippen LogP contribution in [0.1, 0.15) is 33.1 Å². The second kappa shape index (κ2) is 9.52. The van der Waals surface area contributed by atoms with Crippen molar-refractivity contribution in [1.82, 2.24) is 10.2 Å². The molecule has 1 aromatic rings. The van der Waals surface area contributed by atoms with Crippen molar-refractivity contribution >= 4 is 17.6 Å². The minimum Gasteiger partial charge on any atom is -0.341 e. The van der Waals surface area contributed by atoms with Crippen LogP contribution in [0.15, 0.2) is 24.3 Å². The molecule has 0 aliphatic carbocycles. The van der Waals surface area contributed by atoms with Crippen molar-refractivity contribution in [1.29, 1.82) is 0 Å². The number of piperidine rings is 1. The molecule has 1 heterocycles. The SMILES string of the molecule is CCC(C)C(N)C(=O)N1CCCC(CNC(=O)Nc2cccc(F)c2)C1. The van der Waals surface area contributed by atoms with Crippen LogP contribution in [0.3, 0.4) is 0 Å². The smallest absolute Gasteiger partial charge is 0.319 e. The van der Waals surface area contributed by atoms with Gasteiger partial charge in [-0.3, -0.25) is 4.79 Å². The van der Waals surface area contributed by atoms with Crippen molar-refractivity contribution in [2.24, 2.45) is 17.6 Å². The van der Waals surface area contributed by atoms with Crippen LogP contribution in [0.25, 0.3) is 0 Å². The van der Waals surface area contributed by atoms with E-state index in [-0.39, 0.29) is 23.8 Å². The maximum atomic E-state index is 13.1. The number of nitrogens with one attached hydrogen (secondary N) is 2. The average Bonchev–Trinajstić information content (AvgIpc) is 2.64. The molecule has 1 aliphatic rings. The first-order valence-corrected chi connectivity index (χ1v) is 9.25. The molecule has 7 heteroatoms. The summed E-state index contributed by atoms with van der Waals surface area (Å²) in [6, 6.07) is 4.90. The molecular weight excluding hydrogens is 335 g/mol. The number of amides is 3. The molecule has 0 aromatic heterocycles. The number of rotatable bonds is 6. The van der Waals surface area contributed by atoms with Gasteiger partial charge in [0.15, 0.2) is 0 Å². The van der Waals surface area contributed by atoms with Crippen LogP contribution >= 0.6 is 0 Å². The summed E-state index contributed by atoms with van der Waals surface area (Å²) >= 11 is 0. The summed E-state index contributed by atoms with van der Waals surface area (Å²) < 4.78 is 13.1. The number of benzene rings is 1. The van der Waals surface area contributed by atoms with Gasteiger partial charge in [0.25, 0.3) is 0 Å². The topological polar surface area (TPSA) is 87.5 Å². The number of halogens is 1. The predicted octanol–water partition coefficient (Wildman–Crippen LogP) is 2.56. The summed E-state index contributed by atoms with van der Waals surface area (Å²) in [5.74, 6) is -0.0664. The van der Waals surface area contributed by atoms with Gasteiger partial charge in [-0.1, -0.05) is 26.3 Å². The third-order valence-corrected chi connectivity index (χ3v) is 5.01. The fourth-order valence-corrected chi connectivity index (χ4v) is 3.12. The summed E-state index contributed by atoms with van der Waals surface area (Å²) in [7, 11) is 0. The molecule has 1 aromatic carbocycles. The molecule has 1 fully saturated rings. The van der Waals surface area contributed by atoms with Gasteiger partial charge in [0.2, 0.25) is 5.91 Å². The van der Waals surface area contributed by atoms with E-state index in [0.29, 0.717) is 18.8 Å². The second-order valence-electron chi connectivity index (χ2n) is 7.05. The number of hydrogen-bond donors (Lipinski definition) is 3. The van der Waals surface area contributed by atoms with E-state index < -0.39 is 11.9 Å². The lowest BCUT2D eigenvalue weighted by molar-refractivity contribution is -0.135. The molecule has 0 radical (unpaired) electrons. The van der Waals surface area contributed by atoms with Crippen molar-refractivity contribution in [3.05, 3.63) is 30.1 Å². The number of carbonyl (C=O) groups excluding carboxylic acids is 2. The maximum absolute atomic E-state index is 13.1. The Morgan fingerprint density at radius 2 is 2.19 bits per heavy atom. The average molecular weight is 364 g/mol. The van der Waals surface area contributed by atoms with Crippen LogP contribution in [0.5, 0.6) is 0 Å². The Hall–Kier alpha value is -2.15. The molecule has 1 aliphatic heterocycles. The minimum absolute atomic E-state index is 0.00624. The number of hydrogen-bond acceptors (Lipinski definition) is 3. The molecular formula is C19H29FN4O2. The number of nitrogens with two attached hydrogens (primary N) is 1. The lowest BCUT2D eigenvalue weighted by atomic mass is 9.94. The van der Waals surface area contributed by atoms with Gasteiger partial charge in [0.1, 0.15) is 5.82 Å².